The molecular weight excluding hydrogens is 358 g/mol. The van der Waals surface area contributed by atoms with Crippen LogP contribution in [0.1, 0.15) is 23.9 Å². The summed E-state index contributed by atoms with van der Waals surface area (Å²) in [5.41, 5.74) is 3.19. The summed E-state index contributed by atoms with van der Waals surface area (Å²) in [5.74, 6) is 2.03. The van der Waals surface area contributed by atoms with E-state index in [0.717, 1.165) is 32.8 Å². The molecule has 2 aromatic heterocycles. The summed E-state index contributed by atoms with van der Waals surface area (Å²) in [6.07, 6.45) is 0. The van der Waals surface area contributed by atoms with Crippen LogP contribution in [0.3, 0.4) is 0 Å². The number of hydrogen-bond donors (Lipinski definition) is 0. The third kappa shape index (κ3) is 3.66. The van der Waals surface area contributed by atoms with E-state index in [-0.39, 0.29) is 5.25 Å². The smallest absolute Gasteiger partial charge is 0.239 e. The van der Waals surface area contributed by atoms with E-state index in [9.17, 15) is 0 Å². The second-order valence-corrected chi connectivity index (χ2v) is 7.56. The zero-order valence-corrected chi connectivity index (χ0v) is 16.2. The molecule has 0 N–H and O–H groups in total. The van der Waals surface area contributed by atoms with Crippen LogP contribution in [0.5, 0.6) is 5.75 Å². The van der Waals surface area contributed by atoms with Gasteiger partial charge in [0, 0.05) is 11.5 Å². The maximum Gasteiger partial charge on any atom is 0.239 e. The molecule has 27 heavy (non-hydrogen) atoms. The summed E-state index contributed by atoms with van der Waals surface area (Å²) in [4.78, 5) is 9.17. The first-order valence-corrected chi connectivity index (χ1v) is 9.53. The number of nitrogens with zero attached hydrogens (tertiary/aromatic N) is 3. The van der Waals surface area contributed by atoms with E-state index in [4.69, 9.17) is 14.2 Å². The molecule has 0 aliphatic carbocycles. The monoisotopic (exact) mass is 377 g/mol. The Balaban J connectivity index is 1.80. The topological polar surface area (TPSA) is 61.0 Å². The molecule has 0 aliphatic heterocycles. The molecule has 2 aromatic carbocycles. The first-order chi connectivity index (χ1) is 13.1. The van der Waals surface area contributed by atoms with Gasteiger partial charge in [-0.05, 0) is 43.2 Å². The van der Waals surface area contributed by atoms with E-state index in [1.165, 1.54) is 0 Å². The van der Waals surface area contributed by atoms with Crippen LogP contribution >= 0.6 is 11.8 Å². The van der Waals surface area contributed by atoms with Crippen molar-refractivity contribution in [3.05, 3.63) is 66.3 Å². The minimum atomic E-state index is 0.00498. The Kier molecular flexibility index (Phi) is 4.81. The summed E-state index contributed by atoms with van der Waals surface area (Å²) in [6, 6.07) is 18.4. The standard InChI is InChI=1S/C21H19N3O2S/c1-13(21-22-14(2)24-26-21)27-20-12-18(15-7-5-4-6-8-15)17-10-9-16(25-3)11-19(17)23-20/h4-13H,1-3H3/t13-/m0/s1. The molecule has 5 nitrogen and oxygen atoms in total. The highest BCUT2D eigenvalue weighted by Crippen LogP contribution is 2.38. The normalized spacial score (nSPS) is 12.3. The van der Waals surface area contributed by atoms with Crippen LogP contribution in [0.25, 0.3) is 22.0 Å². The number of benzene rings is 2. The van der Waals surface area contributed by atoms with Gasteiger partial charge in [0.15, 0.2) is 5.82 Å². The van der Waals surface area contributed by atoms with Crippen LogP contribution in [-0.4, -0.2) is 22.2 Å². The van der Waals surface area contributed by atoms with Crippen molar-refractivity contribution in [1.82, 2.24) is 15.1 Å². The number of thioether (sulfide) groups is 1. The van der Waals surface area contributed by atoms with Crippen LogP contribution < -0.4 is 4.74 Å². The van der Waals surface area contributed by atoms with E-state index in [1.54, 1.807) is 18.9 Å². The lowest BCUT2D eigenvalue weighted by atomic mass is 10.0. The lowest BCUT2D eigenvalue weighted by Crippen LogP contribution is -1.93. The molecule has 0 fully saturated rings. The van der Waals surface area contributed by atoms with Gasteiger partial charge in [-0.15, -0.1) is 0 Å². The number of aromatic nitrogens is 3. The number of aryl methyl sites for hydroxylation is 1. The second kappa shape index (κ2) is 7.40. The lowest BCUT2D eigenvalue weighted by molar-refractivity contribution is 0.376. The van der Waals surface area contributed by atoms with E-state index >= 15 is 0 Å². The van der Waals surface area contributed by atoms with E-state index < -0.39 is 0 Å². The fourth-order valence-electron chi connectivity index (χ4n) is 2.94. The number of rotatable bonds is 5. The van der Waals surface area contributed by atoms with Gasteiger partial charge in [-0.25, -0.2) is 4.98 Å². The van der Waals surface area contributed by atoms with Crippen molar-refractivity contribution in [1.29, 1.82) is 0 Å². The summed E-state index contributed by atoms with van der Waals surface area (Å²) in [5, 5.41) is 5.88. The summed E-state index contributed by atoms with van der Waals surface area (Å²) in [7, 11) is 1.66. The number of hydrogen-bond acceptors (Lipinski definition) is 6. The fourth-order valence-corrected chi connectivity index (χ4v) is 3.83. The molecule has 4 aromatic rings. The van der Waals surface area contributed by atoms with Crippen LogP contribution in [0, 0.1) is 6.92 Å². The Morgan fingerprint density at radius 3 is 2.56 bits per heavy atom. The van der Waals surface area contributed by atoms with Gasteiger partial charge in [-0.1, -0.05) is 47.3 Å². The third-order valence-corrected chi connectivity index (χ3v) is 5.27. The maximum absolute atomic E-state index is 5.38. The van der Waals surface area contributed by atoms with Crippen molar-refractivity contribution >= 4 is 22.7 Å². The van der Waals surface area contributed by atoms with Gasteiger partial charge in [0.25, 0.3) is 0 Å². The van der Waals surface area contributed by atoms with Gasteiger partial charge in [0.05, 0.1) is 22.9 Å². The fraction of sp³-hybridized carbons (Fsp3) is 0.190. The van der Waals surface area contributed by atoms with E-state index in [2.05, 4.69) is 34.4 Å². The molecule has 0 saturated heterocycles. The van der Waals surface area contributed by atoms with Crippen molar-refractivity contribution in [3.63, 3.8) is 0 Å². The second-order valence-electron chi connectivity index (χ2n) is 6.20. The Labute approximate surface area is 161 Å². The molecule has 0 aliphatic rings. The largest absolute Gasteiger partial charge is 0.497 e. The molecule has 0 saturated carbocycles. The first kappa shape index (κ1) is 17.5. The minimum absolute atomic E-state index is 0.00498. The quantitative estimate of drug-likeness (QED) is 0.431. The van der Waals surface area contributed by atoms with Gasteiger partial charge < -0.3 is 9.26 Å². The van der Waals surface area contributed by atoms with Crippen LogP contribution in [0.2, 0.25) is 0 Å². The van der Waals surface area contributed by atoms with Crippen molar-refractivity contribution in [2.24, 2.45) is 0 Å². The Hall–Kier alpha value is -2.86. The highest BCUT2D eigenvalue weighted by molar-refractivity contribution is 7.99. The summed E-state index contributed by atoms with van der Waals surface area (Å²) < 4.78 is 10.7. The molecule has 136 valence electrons. The van der Waals surface area contributed by atoms with Crippen LogP contribution in [-0.2, 0) is 0 Å². The molecular formula is C21H19N3O2S. The number of pyridine rings is 1. The zero-order valence-electron chi connectivity index (χ0n) is 15.3. The lowest BCUT2D eigenvalue weighted by Gasteiger charge is -2.12. The van der Waals surface area contributed by atoms with Gasteiger partial charge in [-0.3, -0.25) is 0 Å². The predicted molar refractivity (Wildman–Crippen MR) is 107 cm³/mol. The maximum atomic E-state index is 5.38. The Morgan fingerprint density at radius 1 is 1.04 bits per heavy atom. The molecule has 0 spiro atoms. The highest BCUT2D eigenvalue weighted by atomic mass is 32.2. The molecule has 1 atom stereocenters. The van der Waals surface area contributed by atoms with Crippen LogP contribution in [0.4, 0.5) is 0 Å². The van der Waals surface area contributed by atoms with E-state index in [0.29, 0.717) is 11.7 Å². The minimum Gasteiger partial charge on any atom is -0.497 e. The Morgan fingerprint density at radius 2 is 1.85 bits per heavy atom. The molecule has 0 amide bonds. The summed E-state index contributed by atoms with van der Waals surface area (Å²) >= 11 is 1.60. The van der Waals surface area contributed by atoms with Gasteiger partial charge in [0.1, 0.15) is 5.75 Å². The van der Waals surface area contributed by atoms with Gasteiger partial charge >= 0.3 is 0 Å². The average molecular weight is 377 g/mol. The first-order valence-electron chi connectivity index (χ1n) is 8.65. The Bertz CT molecular complexity index is 1080. The SMILES string of the molecule is COc1ccc2c(-c3ccccc3)cc(S[C@@H](C)c3nc(C)no3)nc2c1. The zero-order chi connectivity index (χ0) is 18.8. The van der Waals surface area contributed by atoms with Crippen molar-refractivity contribution < 1.29 is 9.26 Å². The molecule has 0 unspecified atom stereocenters. The highest BCUT2D eigenvalue weighted by Gasteiger charge is 2.17. The van der Waals surface area contributed by atoms with Crippen LogP contribution in [0.15, 0.2) is 64.1 Å². The molecule has 6 heteroatoms. The molecule has 0 radical (unpaired) electrons. The number of methoxy groups -OCH3 is 1. The van der Waals surface area contributed by atoms with Gasteiger partial charge in [-0.2, -0.15) is 4.98 Å². The summed E-state index contributed by atoms with van der Waals surface area (Å²) in [6.45, 7) is 3.86. The number of fused-ring (bicyclic) bond motifs is 1. The predicted octanol–water partition coefficient (Wildman–Crippen LogP) is 5.46. The molecule has 4 rings (SSSR count). The van der Waals surface area contributed by atoms with E-state index in [1.807, 2.05) is 44.2 Å². The molecule has 0 bridgehead atoms. The average Bonchev–Trinajstić information content (AvgIpc) is 3.14. The van der Waals surface area contributed by atoms with Crippen molar-refractivity contribution in [2.45, 2.75) is 24.1 Å². The number of ether oxygens (including phenoxy) is 1. The third-order valence-electron chi connectivity index (χ3n) is 4.27. The van der Waals surface area contributed by atoms with Gasteiger partial charge in [0.2, 0.25) is 5.89 Å². The van der Waals surface area contributed by atoms with Crippen molar-refractivity contribution in [2.75, 3.05) is 7.11 Å². The molecule has 2 heterocycles. The van der Waals surface area contributed by atoms with Crippen molar-refractivity contribution in [3.8, 4) is 16.9 Å².